The van der Waals surface area contributed by atoms with Gasteiger partial charge < -0.3 is 5.32 Å². The van der Waals surface area contributed by atoms with Gasteiger partial charge in [0.05, 0.1) is 11.4 Å². The molecule has 1 fully saturated rings. The van der Waals surface area contributed by atoms with Crippen LogP contribution in [0.15, 0.2) is 29.4 Å². The van der Waals surface area contributed by atoms with Gasteiger partial charge in [0.15, 0.2) is 0 Å². The Morgan fingerprint density at radius 2 is 2.17 bits per heavy atom. The molecule has 1 amide bonds. The number of thioether (sulfide) groups is 1. The second-order valence-corrected chi connectivity index (χ2v) is 7.55. The number of hydrogen-bond acceptors (Lipinski definition) is 5. The number of benzene rings is 1. The first kappa shape index (κ1) is 17.2. The second kappa shape index (κ2) is 7.98. The van der Waals surface area contributed by atoms with Crippen LogP contribution in [0.2, 0.25) is 5.02 Å². The van der Waals surface area contributed by atoms with Gasteiger partial charge in [-0.2, -0.15) is 4.68 Å². The van der Waals surface area contributed by atoms with Crippen molar-refractivity contribution < 1.29 is 4.79 Å². The third kappa shape index (κ3) is 4.48. The van der Waals surface area contributed by atoms with Crippen LogP contribution in [0.5, 0.6) is 0 Å². The van der Waals surface area contributed by atoms with Gasteiger partial charge >= 0.3 is 0 Å². The van der Waals surface area contributed by atoms with Gasteiger partial charge in [-0.1, -0.05) is 36.4 Å². The monoisotopic (exact) mass is 365 g/mol. The maximum atomic E-state index is 12.2. The van der Waals surface area contributed by atoms with Crippen molar-refractivity contribution in [1.82, 2.24) is 25.5 Å². The molecule has 1 aliphatic carbocycles. The zero-order valence-electron chi connectivity index (χ0n) is 13.5. The number of amides is 1. The summed E-state index contributed by atoms with van der Waals surface area (Å²) in [6.45, 7) is 2.27. The first-order valence-corrected chi connectivity index (χ1v) is 9.44. The Hall–Kier alpha value is -1.60. The summed E-state index contributed by atoms with van der Waals surface area (Å²) in [5, 5.41) is 16.0. The highest BCUT2D eigenvalue weighted by atomic mass is 35.5. The van der Waals surface area contributed by atoms with Crippen molar-refractivity contribution in [3.05, 3.63) is 29.3 Å². The Morgan fingerprint density at radius 3 is 2.92 bits per heavy atom. The van der Waals surface area contributed by atoms with Crippen LogP contribution in [0.25, 0.3) is 5.69 Å². The van der Waals surface area contributed by atoms with E-state index in [4.69, 9.17) is 11.6 Å². The van der Waals surface area contributed by atoms with Crippen LogP contribution in [0.1, 0.15) is 32.6 Å². The van der Waals surface area contributed by atoms with E-state index in [0.717, 1.165) is 24.4 Å². The lowest BCUT2D eigenvalue weighted by molar-refractivity contribution is -0.119. The SMILES string of the molecule is CC1CCC(NC(=O)CSc2nnnn2-c2cccc(Cl)c2)CC1. The highest BCUT2D eigenvalue weighted by molar-refractivity contribution is 7.99. The van der Waals surface area contributed by atoms with Crippen molar-refractivity contribution in [2.75, 3.05) is 5.75 Å². The minimum absolute atomic E-state index is 0.0280. The average molecular weight is 366 g/mol. The molecular formula is C16H20ClN5OS. The number of aromatic nitrogens is 4. The largest absolute Gasteiger partial charge is 0.353 e. The number of tetrazole rings is 1. The van der Waals surface area contributed by atoms with Gasteiger partial charge in [-0.05, 0) is 60.2 Å². The van der Waals surface area contributed by atoms with Gasteiger partial charge in [0, 0.05) is 11.1 Å². The van der Waals surface area contributed by atoms with Crippen molar-refractivity contribution in [2.24, 2.45) is 5.92 Å². The Bertz CT molecular complexity index is 699. The summed E-state index contributed by atoms with van der Waals surface area (Å²) in [6, 6.07) is 7.59. The number of halogens is 1. The number of carbonyl (C=O) groups excluding carboxylic acids is 1. The zero-order chi connectivity index (χ0) is 16.9. The molecule has 1 aromatic heterocycles. The van der Waals surface area contributed by atoms with E-state index in [1.807, 2.05) is 12.1 Å². The maximum absolute atomic E-state index is 12.2. The normalized spacial score (nSPS) is 20.8. The summed E-state index contributed by atoms with van der Waals surface area (Å²) in [4.78, 5) is 12.2. The molecule has 1 aromatic carbocycles. The van der Waals surface area contributed by atoms with E-state index in [-0.39, 0.29) is 5.91 Å². The van der Waals surface area contributed by atoms with Crippen LogP contribution >= 0.6 is 23.4 Å². The molecular weight excluding hydrogens is 346 g/mol. The molecule has 0 atom stereocenters. The van der Waals surface area contributed by atoms with E-state index in [0.29, 0.717) is 22.0 Å². The van der Waals surface area contributed by atoms with Crippen LogP contribution in [0, 0.1) is 5.92 Å². The van der Waals surface area contributed by atoms with Crippen LogP contribution < -0.4 is 5.32 Å². The Kier molecular flexibility index (Phi) is 5.73. The third-order valence-electron chi connectivity index (χ3n) is 4.21. The number of hydrogen-bond donors (Lipinski definition) is 1. The molecule has 1 saturated carbocycles. The molecule has 24 heavy (non-hydrogen) atoms. The van der Waals surface area contributed by atoms with Gasteiger partial charge in [-0.25, -0.2) is 0 Å². The average Bonchev–Trinajstić information content (AvgIpc) is 3.04. The van der Waals surface area contributed by atoms with E-state index in [2.05, 4.69) is 27.8 Å². The maximum Gasteiger partial charge on any atom is 0.230 e. The zero-order valence-corrected chi connectivity index (χ0v) is 15.1. The summed E-state index contributed by atoms with van der Waals surface area (Å²) in [5.74, 6) is 1.10. The summed E-state index contributed by atoms with van der Waals surface area (Å²) in [6.07, 6.45) is 4.51. The van der Waals surface area contributed by atoms with E-state index < -0.39 is 0 Å². The first-order chi connectivity index (χ1) is 11.6. The summed E-state index contributed by atoms with van der Waals surface area (Å²) in [5.41, 5.74) is 0.775. The second-order valence-electron chi connectivity index (χ2n) is 6.17. The predicted molar refractivity (Wildman–Crippen MR) is 94.5 cm³/mol. The van der Waals surface area contributed by atoms with Crippen LogP contribution in [0.4, 0.5) is 0 Å². The fourth-order valence-corrected chi connectivity index (χ4v) is 3.73. The molecule has 8 heteroatoms. The highest BCUT2D eigenvalue weighted by Crippen LogP contribution is 2.24. The summed E-state index contributed by atoms with van der Waals surface area (Å²) < 4.78 is 1.59. The van der Waals surface area contributed by atoms with Crippen molar-refractivity contribution in [3.8, 4) is 5.69 Å². The molecule has 6 nitrogen and oxygen atoms in total. The number of nitrogens with zero attached hydrogens (tertiary/aromatic N) is 4. The molecule has 128 valence electrons. The molecule has 3 rings (SSSR count). The lowest BCUT2D eigenvalue weighted by Crippen LogP contribution is -2.38. The van der Waals surface area contributed by atoms with E-state index >= 15 is 0 Å². The van der Waals surface area contributed by atoms with Crippen molar-refractivity contribution in [2.45, 2.75) is 43.8 Å². The van der Waals surface area contributed by atoms with Gasteiger partial charge in [0.25, 0.3) is 0 Å². The van der Waals surface area contributed by atoms with E-state index in [1.165, 1.54) is 24.6 Å². The quantitative estimate of drug-likeness (QED) is 0.824. The van der Waals surface area contributed by atoms with Gasteiger partial charge in [0.2, 0.25) is 11.1 Å². The number of carbonyl (C=O) groups is 1. The van der Waals surface area contributed by atoms with Crippen molar-refractivity contribution in [3.63, 3.8) is 0 Å². The Morgan fingerprint density at radius 1 is 1.38 bits per heavy atom. The molecule has 1 aliphatic rings. The smallest absolute Gasteiger partial charge is 0.230 e. The lowest BCUT2D eigenvalue weighted by Gasteiger charge is -2.26. The van der Waals surface area contributed by atoms with Crippen molar-refractivity contribution in [1.29, 1.82) is 0 Å². The number of rotatable bonds is 5. The first-order valence-electron chi connectivity index (χ1n) is 8.08. The van der Waals surface area contributed by atoms with Gasteiger partial charge in [-0.3, -0.25) is 4.79 Å². The lowest BCUT2D eigenvalue weighted by atomic mass is 9.87. The molecule has 2 aromatic rings. The highest BCUT2D eigenvalue weighted by Gasteiger charge is 2.20. The Labute approximate surface area is 150 Å². The molecule has 1 heterocycles. The van der Waals surface area contributed by atoms with E-state index in [9.17, 15) is 4.79 Å². The van der Waals surface area contributed by atoms with Crippen molar-refractivity contribution >= 4 is 29.3 Å². The van der Waals surface area contributed by atoms with Crippen LogP contribution in [-0.4, -0.2) is 37.9 Å². The van der Waals surface area contributed by atoms with Crippen LogP contribution in [0.3, 0.4) is 0 Å². The fourth-order valence-electron chi connectivity index (χ4n) is 2.84. The van der Waals surface area contributed by atoms with Crippen LogP contribution in [-0.2, 0) is 4.79 Å². The predicted octanol–water partition coefficient (Wildman–Crippen LogP) is 3.10. The molecule has 1 N–H and O–H groups in total. The molecule has 0 aliphatic heterocycles. The van der Waals surface area contributed by atoms with Gasteiger partial charge in [0.1, 0.15) is 0 Å². The Balaban J connectivity index is 1.56. The molecule has 0 saturated heterocycles. The molecule has 0 spiro atoms. The summed E-state index contributed by atoms with van der Waals surface area (Å²) in [7, 11) is 0. The fraction of sp³-hybridized carbons (Fsp3) is 0.500. The summed E-state index contributed by atoms with van der Waals surface area (Å²) >= 11 is 7.33. The number of nitrogens with one attached hydrogen (secondary N) is 1. The minimum Gasteiger partial charge on any atom is -0.353 e. The standard InChI is InChI=1S/C16H20ClN5OS/c1-11-5-7-13(8-6-11)18-15(23)10-24-16-19-20-21-22(16)14-4-2-3-12(17)9-14/h2-4,9,11,13H,5-8,10H2,1H3,(H,18,23). The molecule has 0 bridgehead atoms. The minimum atomic E-state index is 0.0280. The van der Waals surface area contributed by atoms with Gasteiger partial charge in [-0.15, -0.1) is 5.10 Å². The van der Waals surface area contributed by atoms with E-state index in [1.54, 1.807) is 16.8 Å². The molecule has 0 radical (unpaired) electrons. The molecule has 0 unspecified atom stereocenters. The third-order valence-corrected chi connectivity index (χ3v) is 5.36. The topological polar surface area (TPSA) is 72.7 Å².